The van der Waals surface area contributed by atoms with Crippen molar-refractivity contribution in [3.8, 4) is 5.75 Å². The fourth-order valence-corrected chi connectivity index (χ4v) is 6.75. The Hall–Kier alpha value is -2.42. The molecule has 0 radical (unpaired) electrons. The zero-order valence-electron chi connectivity index (χ0n) is 21.0. The van der Waals surface area contributed by atoms with Crippen molar-refractivity contribution in [2.75, 3.05) is 13.7 Å². The first-order valence-corrected chi connectivity index (χ1v) is 17.3. The van der Waals surface area contributed by atoms with Gasteiger partial charge in [0.15, 0.2) is 0 Å². The topological polar surface area (TPSA) is 78.0 Å². The predicted molar refractivity (Wildman–Crippen MR) is 143 cm³/mol. The van der Waals surface area contributed by atoms with Crippen LogP contribution in [0.15, 0.2) is 47.6 Å². The van der Waals surface area contributed by atoms with E-state index in [1.165, 1.54) is 10.4 Å². The second-order valence-corrected chi connectivity index (χ2v) is 18.2. The average molecular weight is 547 g/mol. The van der Waals surface area contributed by atoms with Crippen LogP contribution >= 0.6 is 11.6 Å². The summed E-state index contributed by atoms with van der Waals surface area (Å²) in [6, 6.07) is 11.2. The summed E-state index contributed by atoms with van der Waals surface area (Å²) in [7, 11) is -3.70. The van der Waals surface area contributed by atoms with E-state index in [1.807, 2.05) is 12.1 Å². The van der Waals surface area contributed by atoms with Crippen molar-refractivity contribution in [1.29, 1.82) is 0 Å². The molecule has 0 amide bonds. The van der Waals surface area contributed by atoms with Crippen LogP contribution in [0.2, 0.25) is 30.7 Å². The lowest BCUT2D eigenvalue weighted by Crippen LogP contribution is -2.39. The summed E-state index contributed by atoms with van der Waals surface area (Å²) >= 11 is 6.50. The summed E-state index contributed by atoms with van der Waals surface area (Å²) in [6.45, 7) is 15.5. The molecule has 1 fully saturated rings. The van der Waals surface area contributed by atoms with Crippen molar-refractivity contribution in [2.24, 2.45) is 0 Å². The minimum atomic E-state index is -4.05. The van der Waals surface area contributed by atoms with Crippen LogP contribution in [0, 0.1) is 6.57 Å². The lowest BCUT2D eigenvalue weighted by atomic mass is 10.2. The summed E-state index contributed by atoms with van der Waals surface area (Å²) < 4.78 is 42.0. The Kier molecular flexibility index (Phi) is 7.51. The maximum atomic E-state index is 13.9. The van der Waals surface area contributed by atoms with Crippen molar-refractivity contribution in [1.82, 2.24) is 13.9 Å². The monoisotopic (exact) mass is 546 g/mol. The minimum Gasteiger partial charge on any atom is -0.497 e. The third-order valence-corrected chi connectivity index (χ3v) is 10.2. The van der Waals surface area contributed by atoms with Gasteiger partial charge in [0.1, 0.15) is 18.0 Å². The van der Waals surface area contributed by atoms with Gasteiger partial charge in [-0.25, -0.2) is 20.0 Å². The minimum absolute atomic E-state index is 0.0345. The van der Waals surface area contributed by atoms with Gasteiger partial charge in [-0.15, -0.1) is 4.31 Å². The molecular weight excluding hydrogens is 516 g/mol. The van der Waals surface area contributed by atoms with Gasteiger partial charge in [0.25, 0.3) is 0 Å². The first-order valence-electron chi connectivity index (χ1n) is 11.8. The fourth-order valence-electron chi connectivity index (χ4n) is 3.90. The Bertz CT molecular complexity index is 1390. The number of hydrogen-bond acceptors (Lipinski definition) is 5. The summed E-state index contributed by atoms with van der Waals surface area (Å²) in [4.78, 5) is 8.12. The van der Waals surface area contributed by atoms with Crippen LogP contribution in [0.4, 0.5) is 0 Å². The standard InChI is InChI=1S/C25H31ClN4O4SSi/c1-27-25(10-11-25)30(16-19-6-8-20(33-2)9-7-19)35(31,32)21-14-22(26)24-23(15-21)29(17-28-24)18-34-12-13-36(3,4)5/h6-9,14-15,17H,10-13,16,18H2,2-5H3. The van der Waals surface area contributed by atoms with Gasteiger partial charge < -0.3 is 14.0 Å². The van der Waals surface area contributed by atoms with Crippen LogP contribution in [-0.2, 0) is 28.0 Å². The average Bonchev–Trinajstić information content (AvgIpc) is 3.52. The van der Waals surface area contributed by atoms with E-state index in [-0.39, 0.29) is 23.2 Å². The molecule has 0 saturated heterocycles. The molecule has 4 rings (SSSR count). The molecule has 11 heteroatoms. The normalized spacial score (nSPS) is 15.2. The zero-order valence-corrected chi connectivity index (χ0v) is 23.6. The molecular formula is C25H31ClN4O4SSi. The molecule has 1 saturated carbocycles. The molecule has 1 aliphatic rings. The molecule has 0 bridgehead atoms. The molecule has 0 N–H and O–H groups in total. The maximum Gasteiger partial charge on any atom is 0.302 e. The number of benzene rings is 2. The molecule has 0 aliphatic heterocycles. The SMILES string of the molecule is [C-]#[N+]C1(N(Cc2ccc(OC)cc2)S(=O)(=O)c2cc(Cl)c3ncn(COCC[Si](C)(C)C)c3c2)CC1. The van der Waals surface area contributed by atoms with Crippen LogP contribution in [0.1, 0.15) is 18.4 Å². The summed E-state index contributed by atoms with van der Waals surface area (Å²) in [5.41, 5.74) is 0.770. The number of imidazole rings is 1. The van der Waals surface area contributed by atoms with Crippen LogP contribution in [0.5, 0.6) is 5.75 Å². The number of halogens is 1. The van der Waals surface area contributed by atoms with Gasteiger partial charge in [-0.05, 0) is 35.9 Å². The first kappa shape index (κ1) is 26.6. The van der Waals surface area contributed by atoms with Crippen molar-refractivity contribution in [3.63, 3.8) is 0 Å². The van der Waals surface area contributed by atoms with E-state index in [0.29, 0.717) is 36.2 Å². The van der Waals surface area contributed by atoms with Crippen molar-refractivity contribution < 1.29 is 17.9 Å². The van der Waals surface area contributed by atoms with Gasteiger partial charge in [0.05, 0.1) is 41.7 Å². The molecule has 192 valence electrons. The van der Waals surface area contributed by atoms with Gasteiger partial charge in [0, 0.05) is 21.2 Å². The van der Waals surface area contributed by atoms with Crippen molar-refractivity contribution in [3.05, 3.63) is 64.7 Å². The number of ether oxygens (including phenoxy) is 2. The largest absolute Gasteiger partial charge is 0.497 e. The molecule has 0 atom stereocenters. The second kappa shape index (κ2) is 10.1. The van der Waals surface area contributed by atoms with Gasteiger partial charge >= 0.3 is 5.66 Å². The van der Waals surface area contributed by atoms with Crippen LogP contribution in [-0.4, -0.2) is 49.7 Å². The quantitative estimate of drug-likeness (QED) is 0.177. The van der Waals surface area contributed by atoms with E-state index in [9.17, 15) is 8.42 Å². The van der Waals surface area contributed by atoms with Gasteiger partial charge in [-0.1, -0.05) is 43.4 Å². The van der Waals surface area contributed by atoms with Crippen LogP contribution in [0.3, 0.4) is 0 Å². The van der Waals surface area contributed by atoms with E-state index in [1.54, 1.807) is 36.2 Å². The van der Waals surface area contributed by atoms with Crippen molar-refractivity contribution >= 4 is 40.7 Å². The van der Waals surface area contributed by atoms with Crippen molar-refractivity contribution in [2.45, 2.75) is 62.4 Å². The molecule has 1 heterocycles. The highest BCUT2D eigenvalue weighted by Crippen LogP contribution is 2.47. The number of fused-ring (bicyclic) bond motifs is 1. The van der Waals surface area contributed by atoms with Crippen LogP contribution < -0.4 is 4.74 Å². The number of nitrogens with zero attached hydrogens (tertiary/aromatic N) is 4. The van der Waals surface area contributed by atoms with E-state index in [4.69, 9.17) is 27.6 Å². The Labute approximate surface area is 218 Å². The van der Waals surface area contributed by atoms with Gasteiger partial charge in [-0.3, -0.25) is 4.85 Å². The molecule has 8 nitrogen and oxygen atoms in total. The molecule has 2 aromatic carbocycles. The highest BCUT2D eigenvalue weighted by atomic mass is 35.5. The molecule has 0 spiro atoms. The van der Waals surface area contributed by atoms with Crippen LogP contribution in [0.25, 0.3) is 15.9 Å². The van der Waals surface area contributed by atoms with E-state index < -0.39 is 23.8 Å². The Balaban J connectivity index is 1.66. The Morgan fingerprint density at radius 1 is 1.22 bits per heavy atom. The van der Waals surface area contributed by atoms with E-state index >= 15 is 0 Å². The van der Waals surface area contributed by atoms with E-state index in [2.05, 4.69) is 29.5 Å². The Morgan fingerprint density at radius 3 is 2.50 bits per heavy atom. The first-order chi connectivity index (χ1) is 17.0. The highest BCUT2D eigenvalue weighted by molar-refractivity contribution is 7.89. The number of sulfonamides is 1. The van der Waals surface area contributed by atoms with Gasteiger partial charge in [0.2, 0.25) is 10.0 Å². The maximum absolute atomic E-state index is 13.9. The number of rotatable bonds is 11. The number of hydrogen-bond donors (Lipinski definition) is 0. The highest BCUT2D eigenvalue weighted by Gasteiger charge is 2.61. The summed E-state index contributed by atoms with van der Waals surface area (Å²) in [6.07, 6.45) is 2.59. The second-order valence-electron chi connectivity index (χ2n) is 10.3. The zero-order chi connectivity index (χ0) is 26.1. The molecule has 1 aromatic heterocycles. The Morgan fingerprint density at radius 2 is 1.92 bits per heavy atom. The molecule has 3 aromatic rings. The predicted octanol–water partition coefficient (Wildman–Crippen LogP) is 5.61. The molecule has 36 heavy (non-hydrogen) atoms. The number of methoxy groups -OCH3 is 1. The lowest BCUT2D eigenvalue weighted by molar-refractivity contribution is 0.0898. The molecule has 0 unspecified atom stereocenters. The van der Waals surface area contributed by atoms with E-state index in [0.717, 1.165) is 11.6 Å². The third kappa shape index (κ3) is 5.60. The lowest BCUT2D eigenvalue weighted by Gasteiger charge is -2.23. The smallest absolute Gasteiger partial charge is 0.302 e. The number of aromatic nitrogens is 2. The molecule has 1 aliphatic carbocycles. The van der Waals surface area contributed by atoms with Gasteiger partial charge in [-0.2, -0.15) is 0 Å². The summed E-state index contributed by atoms with van der Waals surface area (Å²) in [5, 5.41) is 0.240. The summed E-state index contributed by atoms with van der Waals surface area (Å²) in [5.74, 6) is 0.678. The fraction of sp³-hybridized carbons (Fsp3) is 0.440. The third-order valence-electron chi connectivity index (χ3n) is 6.32.